The molecule has 0 aliphatic heterocycles. The molecule has 1 saturated carbocycles. The molecule has 0 spiro atoms. The fraction of sp³-hybridized carbons (Fsp3) is 0.462. The molecule has 16 heavy (non-hydrogen) atoms. The molecule has 0 aromatic heterocycles. The van der Waals surface area contributed by atoms with Crippen LogP contribution in [0.15, 0.2) is 35.3 Å². The zero-order valence-corrected chi connectivity index (χ0v) is 10.2. The molecule has 0 amide bonds. The molecule has 0 heterocycles. The minimum Gasteiger partial charge on any atom is -0.331 e. The quantitative estimate of drug-likeness (QED) is 0.606. The molecule has 1 aliphatic rings. The van der Waals surface area contributed by atoms with Crippen LogP contribution in [-0.2, 0) is 0 Å². The van der Waals surface area contributed by atoms with E-state index >= 15 is 0 Å². The SMILES string of the molecule is [S]C(=NC1CCCCC1)Nc1ccccc1. The van der Waals surface area contributed by atoms with E-state index in [1.54, 1.807) is 0 Å². The molecule has 1 aliphatic carbocycles. The molecule has 1 fully saturated rings. The van der Waals surface area contributed by atoms with Crippen molar-refractivity contribution in [1.29, 1.82) is 0 Å². The lowest BCUT2D eigenvalue weighted by molar-refractivity contribution is 0.444. The summed E-state index contributed by atoms with van der Waals surface area (Å²) in [7, 11) is 0. The zero-order chi connectivity index (χ0) is 11.2. The van der Waals surface area contributed by atoms with Crippen LogP contribution in [0.25, 0.3) is 0 Å². The molecule has 2 nitrogen and oxygen atoms in total. The van der Waals surface area contributed by atoms with Crippen LogP contribution < -0.4 is 5.32 Å². The number of hydrogen-bond acceptors (Lipinski definition) is 1. The van der Waals surface area contributed by atoms with Crippen molar-refractivity contribution >= 4 is 23.5 Å². The van der Waals surface area contributed by atoms with Crippen molar-refractivity contribution < 1.29 is 0 Å². The number of amidine groups is 1. The summed E-state index contributed by atoms with van der Waals surface area (Å²) >= 11 is 5.24. The van der Waals surface area contributed by atoms with Crippen molar-refractivity contribution in [2.24, 2.45) is 4.99 Å². The summed E-state index contributed by atoms with van der Waals surface area (Å²) in [5.41, 5.74) is 1.02. The van der Waals surface area contributed by atoms with E-state index in [1.807, 2.05) is 30.3 Å². The number of nitrogens with zero attached hydrogens (tertiary/aromatic N) is 1. The van der Waals surface area contributed by atoms with Crippen LogP contribution in [0.3, 0.4) is 0 Å². The monoisotopic (exact) mass is 233 g/mol. The van der Waals surface area contributed by atoms with Crippen LogP contribution in [0, 0.1) is 0 Å². The van der Waals surface area contributed by atoms with Gasteiger partial charge in [-0.05, 0) is 37.6 Å². The standard InChI is InChI=1S/C13H17N2S/c16-13(14-11-7-3-1-4-8-11)15-12-9-5-2-6-10-12/h1,3-4,7-8,12H,2,5-6,9-10H2,(H,14,15). The van der Waals surface area contributed by atoms with Crippen LogP contribution in [0.2, 0.25) is 0 Å². The lowest BCUT2D eigenvalue weighted by Gasteiger charge is -2.18. The van der Waals surface area contributed by atoms with E-state index in [1.165, 1.54) is 32.1 Å². The Hall–Kier alpha value is -1.09. The normalized spacial score (nSPS) is 18.4. The molecule has 1 aromatic rings. The van der Waals surface area contributed by atoms with Crippen LogP contribution >= 0.6 is 12.6 Å². The van der Waals surface area contributed by atoms with Crippen LogP contribution in [0.1, 0.15) is 32.1 Å². The maximum atomic E-state index is 5.24. The van der Waals surface area contributed by atoms with E-state index in [4.69, 9.17) is 12.6 Å². The minimum atomic E-state index is 0.442. The van der Waals surface area contributed by atoms with Gasteiger partial charge in [0.05, 0.1) is 6.04 Å². The van der Waals surface area contributed by atoms with Gasteiger partial charge in [-0.15, -0.1) is 0 Å². The van der Waals surface area contributed by atoms with Crippen molar-refractivity contribution in [3.8, 4) is 0 Å². The number of nitrogens with one attached hydrogen (secondary N) is 1. The average Bonchev–Trinajstić information content (AvgIpc) is 2.31. The molecule has 0 unspecified atom stereocenters. The van der Waals surface area contributed by atoms with Gasteiger partial charge in [-0.1, -0.05) is 37.5 Å². The van der Waals surface area contributed by atoms with E-state index < -0.39 is 0 Å². The third kappa shape index (κ3) is 3.49. The van der Waals surface area contributed by atoms with Crippen molar-refractivity contribution in [3.63, 3.8) is 0 Å². The largest absolute Gasteiger partial charge is 0.331 e. The maximum Gasteiger partial charge on any atom is 0.192 e. The molecule has 3 heteroatoms. The molecular formula is C13H17N2S. The highest BCUT2D eigenvalue weighted by atomic mass is 32.1. The van der Waals surface area contributed by atoms with Gasteiger partial charge in [-0.25, -0.2) is 0 Å². The van der Waals surface area contributed by atoms with Gasteiger partial charge in [0.1, 0.15) is 0 Å². The third-order valence-electron chi connectivity index (χ3n) is 2.90. The average molecular weight is 233 g/mol. The Bertz CT molecular complexity index is 342. The number of para-hydroxylation sites is 1. The fourth-order valence-corrected chi connectivity index (χ4v) is 2.32. The van der Waals surface area contributed by atoms with Gasteiger partial charge in [0.2, 0.25) is 0 Å². The number of rotatable bonds is 2. The van der Waals surface area contributed by atoms with E-state index in [-0.39, 0.29) is 0 Å². The van der Waals surface area contributed by atoms with Crippen LogP contribution in [-0.4, -0.2) is 11.2 Å². The van der Waals surface area contributed by atoms with Crippen LogP contribution in [0.5, 0.6) is 0 Å². The summed E-state index contributed by atoms with van der Waals surface area (Å²) in [5, 5.41) is 3.78. The number of benzene rings is 1. The molecule has 85 valence electrons. The molecule has 1 radical (unpaired) electrons. The maximum absolute atomic E-state index is 5.24. The summed E-state index contributed by atoms with van der Waals surface area (Å²) < 4.78 is 0. The highest BCUT2D eigenvalue weighted by molar-refractivity contribution is 7.97. The first-order valence-corrected chi connectivity index (χ1v) is 6.32. The second-order valence-corrected chi connectivity index (χ2v) is 4.60. The van der Waals surface area contributed by atoms with Crippen molar-refractivity contribution in [2.75, 3.05) is 5.32 Å². The molecular weight excluding hydrogens is 216 g/mol. The van der Waals surface area contributed by atoms with Gasteiger partial charge in [0.15, 0.2) is 5.17 Å². The van der Waals surface area contributed by atoms with E-state index in [9.17, 15) is 0 Å². The number of hydrogen-bond donors (Lipinski definition) is 1. The third-order valence-corrected chi connectivity index (χ3v) is 3.11. The predicted molar refractivity (Wildman–Crippen MR) is 72.0 cm³/mol. The number of aliphatic imine (C=N–C) groups is 1. The summed E-state index contributed by atoms with van der Waals surface area (Å²) in [6, 6.07) is 10.4. The summed E-state index contributed by atoms with van der Waals surface area (Å²) in [6.07, 6.45) is 6.32. The first-order valence-electron chi connectivity index (χ1n) is 5.91. The Balaban J connectivity index is 1.91. The molecule has 1 N–H and O–H groups in total. The number of anilines is 1. The highest BCUT2D eigenvalue weighted by Gasteiger charge is 2.12. The van der Waals surface area contributed by atoms with Crippen molar-refractivity contribution in [2.45, 2.75) is 38.1 Å². The van der Waals surface area contributed by atoms with Gasteiger partial charge >= 0.3 is 0 Å². The van der Waals surface area contributed by atoms with E-state index in [0.717, 1.165) is 5.69 Å². The van der Waals surface area contributed by atoms with E-state index in [0.29, 0.717) is 11.2 Å². The molecule has 0 bridgehead atoms. The molecule has 2 rings (SSSR count). The zero-order valence-electron chi connectivity index (χ0n) is 9.36. The molecule has 0 saturated heterocycles. The second-order valence-electron chi connectivity index (χ2n) is 4.22. The van der Waals surface area contributed by atoms with Crippen molar-refractivity contribution in [1.82, 2.24) is 0 Å². The smallest absolute Gasteiger partial charge is 0.192 e. The summed E-state index contributed by atoms with van der Waals surface area (Å²) in [5.74, 6) is 0. The Kier molecular flexibility index (Phi) is 4.17. The van der Waals surface area contributed by atoms with Gasteiger partial charge in [-0.3, -0.25) is 4.99 Å². The first kappa shape index (κ1) is 11.4. The Labute approximate surface area is 103 Å². The highest BCUT2D eigenvalue weighted by Crippen LogP contribution is 2.20. The van der Waals surface area contributed by atoms with Crippen molar-refractivity contribution in [3.05, 3.63) is 30.3 Å². The van der Waals surface area contributed by atoms with Gasteiger partial charge < -0.3 is 5.32 Å². The van der Waals surface area contributed by atoms with Gasteiger partial charge in [-0.2, -0.15) is 0 Å². The topological polar surface area (TPSA) is 24.4 Å². The lowest BCUT2D eigenvalue weighted by atomic mass is 9.96. The first-order chi connectivity index (χ1) is 7.84. The van der Waals surface area contributed by atoms with E-state index in [2.05, 4.69) is 10.3 Å². The van der Waals surface area contributed by atoms with Crippen LogP contribution in [0.4, 0.5) is 5.69 Å². The molecule has 0 atom stereocenters. The van der Waals surface area contributed by atoms with Gasteiger partial charge in [0, 0.05) is 5.69 Å². The Morgan fingerprint density at radius 2 is 1.81 bits per heavy atom. The fourth-order valence-electron chi connectivity index (χ4n) is 2.05. The Morgan fingerprint density at radius 3 is 2.50 bits per heavy atom. The Morgan fingerprint density at radius 1 is 1.12 bits per heavy atom. The lowest BCUT2D eigenvalue weighted by Crippen LogP contribution is -2.14. The van der Waals surface area contributed by atoms with Gasteiger partial charge in [0.25, 0.3) is 0 Å². The minimum absolute atomic E-state index is 0.442. The summed E-state index contributed by atoms with van der Waals surface area (Å²) in [6.45, 7) is 0. The molecule has 1 aromatic carbocycles. The predicted octanol–water partition coefficient (Wildman–Crippen LogP) is 3.98. The second kappa shape index (κ2) is 5.85. The summed E-state index contributed by atoms with van der Waals surface area (Å²) in [4.78, 5) is 4.55.